The molecule has 1 heterocycles. The standard InChI is InChI=1S/C25H17ClN2O2.C2H7N/c1-15-13-16(7-10-20(15)27)8-12-22(29)24-23(17-5-3-2-4-6-17)19-14-18(26)9-11-21(19)28-25(24)30;1-2-3/h2-14,27H,1H2,(H,28,30);2-3H2,1H3/b12-8+,27-20?;. The molecule has 0 unspecified atom stereocenters. The molecule has 33 heavy (non-hydrogen) atoms. The van der Waals surface area contributed by atoms with Crippen LogP contribution in [0.15, 0.2) is 101 Å². The van der Waals surface area contributed by atoms with Gasteiger partial charge >= 0.3 is 0 Å². The number of aromatic amines is 1. The van der Waals surface area contributed by atoms with Crippen molar-refractivity contribution < 1.29 is 4.79 Å². The van der Waals surface area contributed by atoms with Gasteiger partial charge in [0.25, 0.3) is 5.56 Å². The summed E-state index contributed by atoms with van der Waals surface area (Å²) in [6, 6.07) is 14.5. The van der Waals surface area contributed by atoms with E-state index in [0.717, 1.165) is 17.7 Å². The Kier molecular flexibility index (Phi) is 7.72. The largest absolute Gasteiger partial charge is 0.331 e. The van der Waals surface area contributed by atoms with Crippen molar-refractivity contribution in [3.8, 4) is 11.1 Å². The van der Waals surface area contributed by atoms with Gasteiger partial charge in [-0.25, -0.2) is 0 Å². The zero-order chi connectivity index (χ0) is 24.0. The van der Waals surface area contributed by atoms with E-state index in [2.05, 4.69) is 11.6 Å². The average molecular weight is 458 g/mol. The Balaban J connectivity index is 0.000000968. The Bertz CT molecular complexity index is 1380. The number of hydrogen-bond donors (Lipinski definition) is 3. The molecule has 2 aromatic carbocycles. The zero-order valence-corrected chi connectivity index (χ0v) is 18.9. The van der Waals surface area contributed by atoms with E-state index in [4.69, 9.17) is 22.7 Å². The first-order valence-corrected chi connectivity index (χ1v) is 10.7. The topological polar surface area (TPSA) is 99.8 Å². The van der Waals surface area contributed by atoms with Crippen LogP contribution in [0.2, 0.25) is 5.02 Å². The van der Waals surface area contributed by atoms with Gasteiger partial charge < -0.3 is 16.1 Å². The first kappa shape index (κ1) is 23.9. The maximum atomic E-state index is 13.1. The van der Waals surface area contributed by atoms with Crippen LogP contribution in [0.25, 0.3) is 22.0 Å². The maximum absolute atomic E-state index is 13.1. The van der Waals surface area contributed by atoms with Crippen molar-refractivity contribution in [1.29, 1.82) is 5.41 Å². The maximum Gasteiger partial charge on any atom is 0.260 e. The molecule has 1 aliphatic rings. The van der Waals surface area contributed by atoms with Crippen LogP contribution < -0.4 is 11.3 Å². The number of allylic oxidation sites excluding steroid dienone is 7. The van der Waals surface area contributed by atoms with E-state index >= 15 is 0 Å². The van der Waals surface area contributed by atoms with Crippen LogP contribution in [0.3, 0.4) is 0 Å². The second-order valence-corrected chi connectivity index (χ2v) is 7.72. The Morgan fingerprint density at radius 1 is 1.18 bits per heavy atom. The minimum Gasteiger partial charge on any atom is -0.331 e. The third-order valence-corrected chi connectivity index (χ3v) is 5.08. The van der Waals surface area contributed by atoms with Gasteiger partial charge in [0.05, 0.1) is 11.3 Å². The van der Waals surface area contributed by atoms with Crippen LogP contribution >= 0.6 is 11.6 Å². The number of nitrogens with two attached hydrogens (primary N) is 1. The Labute approximate surface area is 197 Å². The fourth-order valence-electron chi connectivity index (χ4n) is 3.38. The van der Waals surface area contributed by atoms with E-state index in [9.17, 15) is 9.59 Å². The number of halogens is 1. The van der Waals surface area contributed by atoms with Gasteiger partial charge in [-0.2, -0.15) is 0 Å². The molecule has 3 aromatic rings. The highest BCUT2D eigenvalue weighted by Crippen LogP contribution is 2.31. The van der Waals surface area contributed by atoms with E-state index in [1.54, 1.807) is 42.5 Å². The monoisotopic (exact) mass is 457 g/mol. The minimum atomic E-state index is -0.460. The molecule has 0 amide bonds. The quantitative estimate of drug-likeness (QED) is 0.350. The summed E-state index contributed by atoms with van der Waals surface area (Å²) < 4.78 is 0. The second kappa shape index (κ2) is 10.7. The molecule has 4 N–H and O–H groups in total. The lowest BCUT2D eigenvalue weighted by Gasteiger charge is -2.12. The smallest absolute Gasteiger partial charge is 0.260 e. The number of fused-ring (bicyclic) bond motifs is 1. The lowest BCUT2D eigenvalue weighted by molar-refractivity contribution is 0.104. The highest BCUT2D eigenvalue weighted by Gasteiger charge is 2.19. The normalized spacial score (nSPS) is 13.1. The number of H-pyrrole nitrogens is 1. The van der Waals surface area contributed by atoms with Crippen molar-refractivity contribution in [3.63, 3.8) is 0 Å². The second-order valence-electron chi connectivity index (χ2n) is 7.28. The number of benzene rings is 2. The van der Waals surface area contributed by atoms with Crippen LogP contribution in [0, 0.1) is 5.41 Å². The van der Waals surface area contributed by atoms with Gasteiger partial charge in [-0.15, -0.1) is 0 Å². The molecule has 0 radical (unpaired) electrons. The summed E-state index contributed by atoms with van der Waals surface area (Å²) in [6.07, 6.45) is 8.04. The van der Waals surface area contributed by atoms with E-state index < -0.39 is 11.3 Å². The van der Waals surface area contributed by atoms with Crippen LogP contribution in [0.5, 0.6) is 0 Å². The van der Waals surface area contributed by atoms with Gasteiger partial charge in [-0.05, 0) is 59.7 Å². The fourth-order valence-corrected chi connectivity index (χ4v) is 3.55. The lowest BCUT2D eigenvalue weighted by Crippen LogP contribution is -2.18. The van der Waals surface area contributed by atoms with E-state index in [-0.39, 0.29) is 5.56 Å². The van der Waals surface area contributed by atoms with Crippen molar-refractivity contribution in [2.75, 3.05) is 6.54 Å². The summed E-state index contributed by atoms with van der Waals surface area (Å²) in [4.78, 5) is 28.8. The highest BCUT2D eigenvalue weighted by atomic mass is 35.5. The molecule has 0 fully saturated rings. The molecule has 4 rings (SSSR count). The molecule has 166 valence electrons. The van der Waals surface area contributed by atoms with Gasteiger partial charge in [-0.3, -0.25) is 9.59 Å². The Morgan fingerprint density at radius 3 is 2.55 bits per heavy atom. The number of hydrogen-bond acceptors (Lipinski definition) is 4. The molecular formula is C27H24ClN3O2. The summed E-state index contributed by atoms with van der Waals surface area (Å²) in [5.41, 5.74) is 7.97. The summed E-state index contributed by atoms with van der Waals surface area (Å²) in [6.45, 7) is 6.46. The van der Waals surface area contributed by atoms with Gasteiger partial charge in [0.15, 0.2) is 5.78 Å². The third kappa shape index (κ3) is 5.52. The molecule has 0 saturated heterocycles. The van der Waals surface area contributed by atoms with Gasteiger partial charge in [0, 0.05) is 21.5 Å². The molecule has 0 bridgehead atoms. The molecular weight excluding hydrogens is 434 g/mol. The number of nitrogens with one attached hydrogen (secondary N) is 2. The molecule has 5 nitrogen and oxygen atoms in total. The molecule has 0 saturated carbocycles. The molecule has 0 atom stereocenters. The van der Waals surface area contributed by atoms with E-state index in [1.807, 2.05) is 37.3 Å². The molecule has 0 spiro atoms. The van der Waals surface area contributed by atoms with Crippen molar-refractivity contribution in [3.05, 3.63) is 118 Å². The molecule has 0 aliphatic heterocycles. The summed E-state index contributed by atoms with van der Waals surface area (Å²) in [5.74, 6) is -0.419. The number of rotatable bonds is 4. The molecule has 1 aliphatic carbocycles. The predicted octanol–water partition coefficient (Wildman–Crippen LogP) is 5.62. The summed E-state index contributed by atoms with van der Waals surface area (Å²) in [7, 11) is 0. The first-order valence-electron chi connectivity index (χ1n) is 10.4. The van der Waals surface area contributed by atoms with Gasteiger partial charge in [0.1, 0.15) is 0 Å². The minimum absolute atomic E-state index is 0.0548. The number of carbonyl (C=O) groups excluding carboxylic acids is 1. The zero-order valence-electron chi connectivity index (χ0n) is 18.2. The number of ketones is 1. The van der Waals surface area contributed by atoms with Gasteiger partial charge in [-0.1, -0.05) is 67.6 Å². The predicted molar refractivity (Wildman–Crippen MR) is 137 cm³/mol. The highest BCUT2D eigenvalue weighted by molar-refractivity contribution is 6.31. The lowest BCUT2D eigenvalue weighted by atomic mass is 9.93. The van der Waals surface area contributed by atoms with Crippen LogP contribution in [0.1, 0.15) is 17.3 Å². The van der Waals surface area contributed by atoms with Crippen molar-refractivity contribution in [1.82, 2.24) is 4.98 Å². The SMILES string of the molecule is C=C1C=C(/C=C/C(=O)c2c(-c3ccccc3)c3cc(Cl)ccc3[nH]c2=O)C=CC1=N.CCN. The number of pyridine rings is 1. The average Bonchev–Trinajstić information content (AvgIpc) is 2.80. The Morgan fingerprint density at radius 2 is 1.88 bits per heavy atom. The van der Waals surface area contributed by atoms with Crippen LogP contribution in [0.4, 0.5) is 0 Å². The fraction of sp³-hybridized carbons (Fsp3) is 0.0741. The third-order valence-electron chi connectivity index (χ3n) is 4.84. The summed E-state index contributed by atoms with van der Waals surface area (Å²) in [5, 5.41) is 8.91. The van der Waals surface area contributed by atoms with Gasteiger partial charge in [0.2, 0.25) is 0 Å². The Hall–Kier alpha value is -3.80. The first-order chi connectivity index (χ1) is 15.8. The van der Waals surface area contributed by atoms with Crippen LogP contribution in [-0.2, 0) is 0 Å². The van der Waals surface area contributed by atoms with E-state index in [0.29, 0.717) is 32.8 Å². The summed E-state index contributed by atoms with van der Waals surface area (Å²) >= 11 is 6.21. The number of aromatic nitrogens is 1. The van der Waals surface area contributed by atoms with Crippen molar-refractivity contribution >= 4 is 34.0 Å². The van der Waals surface area contributed by atoms with Crippen molar-refractivity contribution in [2.45, 2.75) is 6.92 Å². The van der Waals surface area contributed by atoms with Crippen LogP contribution in [-0.4, -0.2) is 23.0 Å². The van der Waals surface area contributed by atoms with Crippen molar-refractivity contribution in [2.24, 2.45) is 5.73 Å². The molecule has 6 heteroatoms. The number of carbonyl (C=O) groups is 1. The molecule has 1 aromatic heterocycles. The van der Waals surface area contributed by atoms with E-state index in [1.165, 1.54) is 6.08 Å².